The summed E-state index contributed by atoms with van der Waals surface area (Å²) in [5, 5.41) is 9.71. The molecule has 0 radical (unpaired) electrons. The number of aromatic hydroxyl groups is 1. The number of phenols is 1. The van der Waals surface area contributed by atoms with Gasteiger partial charge in [-0.15, -0.1) is 12.4 Å². The van der Waals surface area contributed by atoms with Crippen LogP contribution in [0.5, 0.6) is 5.75 Å². The Balaban J connectivity index is 0.00000225. The largest absolute Gasteiger partial charge is 0.508 e. The monoisotopic (exact) mass is 307 g/mol. The van der Waals surface area contributed by atoms with Crippen molar-refractivity contribution in [3.8, 4) is 5.75 Å². The molecule has 0 saturated carbocycles. The molecule has 0 bridgehead atoms. The van der Waals surface area contributed by atoms with Crippen molar-refractivity contribution in [3.63, 3.8) is 0 Å². The Morgan fingerprint density at radius 2 is 2.06 bits per heavy atom. The Morgan fingerprint density at radius 1 is 1.38 bits per heavy atom. The zero-order chi connectivity index (χ0) is 11.3. The molecule has 0 aromatic heterocycles. The summed E-state index contributed by atoms with van der Waals surface area (Å²) in [6.45, 7) is 2.17. The number of halogens is 2. The Kier molecular flexibility index (Phi) is 7.81. The van der Waals surface area contributed by atoms with Gasteiger partial charge in [0.25, 0.3) is 0 Å². The van der Waals surface area contributed by atoms with Crippen LogP contribution in [0.25, 0.3) is 0 Å². The van der Waals surface area contributed by atoms with Gasteiger partial charge in [0, 0.05) is 16.1 Å². The number of unbranched alkanes of at least 4 members (excludes halogenated alkanes) is 2. The predicted octanol–water partition coefficient (Wildman–Crippen LogP) is 4.16. The molecule has 1 aromatic carbocycles. The molecule has 16 heavy (non-hydrogen) atoms. The van der Waals surface area contributed by atoms with Crippen LogP contribution >= 0.6 is 28.3 Å². The summed E-state index contributed by atoms with van der Waals surface area (Å²) in [7, 11) is 0. The first-order chi connectivity index (χ1) is 7.15. The summed E-state index contributed by atoms with van der Waals surface area (Å²) >= 11 is 3.31. The normalized spacial score (nSPS) is 11.9. The van der Waals surface area contributed by atoms with Gasteiger partial charge in [-0.1, -0.05) is 48.2 Å². The molecule has 0 amide bonds. The fourth-order valence-corrected chi connectivity index (χ4v) is 1.95. The topological polar surface area (TPSA) is 46.2 Å². The lowest BCUT2D eigenvalue weighted by Gasteiger charge is -2.13. The van der Waals surface area contributed by atoms with E-state index in [4.69, 9.17) is 5.73 Å². The summed E-state index contributed by atoms with van der Waals surface area (Å²) in [5.74, 6) is 0.286. The van der Waals surface area contributed by atoms with E-state index >= 15 is 0 Å². The van der Waals surface area contributed by atoms with Crippen LogP contribution in [-0.2, 0) is 0 Å². The maximum atomic E-state index is 9.71. The second kappa shape index (κ2) is 7.93. The van der Waals surface area contributed by atoms with E-state index in [2.05, 4.69) is 22.9 Å². The highest BCUT2D eigenvalue weighted by Gasteiger charge is 2.10. The van der Waals surface area contributed by atoms with Crippen molar-refractivity contribution < 1.29 is 5.11 Å². The van der Waals surface area contributed by atoms with Gasteiger partial charge in [0.2, 0.25) is 0 Å². The number of benzene rings is 1. The van der Waals surface area contributed by atoms with E-state index in [-0.39, 0.29) is 24.2 Å². The van der Waals surface area contributed by atoms with Gasteiger partial charge < -0.3 is 10.8 Å². The fraction of sp³-hybridized carbons (Fsp3) is 0.500. The summed E-state index contributed by atoms with van der Waals surface area (Å²) in [6.07, 6.45) is 4.44. The molecule has 4 heteroatoms. The van der Waals surface area contributed by atoms with E-state index in [1.807, 2.05) is 12.1 Å². The number of rotatable bonds is 5. The van der Waals surface area contributed by atoms with Crippen molar-refractivity contribution in [2.75, 3.05) is 0 Å². The fourth-order valence-electron chi connectivity index (χ4n) is 1.60. The van der Waals surface area contributed by atoms with Crippen molar-refractivity contribution in [2.24, 2.45) is 5.73 Å². The Morgan fingerprint density at radius 3 is 2.62 bits per heavy atom. The molecule has 0 aliphatic carbocycles. The van der Waals surface area contributed by atoms with E-state index in [0.29, 0.717) is 0 Å². The molecule has 92 valence electrons. The van der Waals surface area contributed by atoms with Crippen LogP contribution in [0.3, 0.4) is 0 Å². The van der Waals surface area contributed by atoms with Gasteiger partial charge in [-0.2, -0.15) is 0 Å². The maximum absolute atomic E-state index is 9.71. The first-order valence-electron chi connectivity index (χ1n) is 5.39. The number of hydrogen-bond acceptors (Lipinski definition) is 2. The molecule has 1 atom stereocenters. The van der Waals surface area contributed by atoms with Crippen LogP contribution in [0.2, 0.25) is 0 Å². The minimum Gasteiger partial charge on any atom is -0.508 e. The average molecular weight is 309 g/mol. The molecule has 1 rings (SSSR count). The van der Waals surface area contributed by atoms with Gasteiger partial charge >= 0.3 is 0 Å². The number of nitrogens with two attached hydrogens (primary N) is 1. The van der Waals surface area contributed by atoms with Crippen molar-refractivity contribution in [2.45, 2.75) is 38.6 Å². The Bertz CT molecular complexity index is 320. The molecular weight excluding hydrogens is 289 g/mol. The Hall–Kier alpha value is -0.250. The van der Waals surface area contributed by atoms with Crippen molar-refractivity contribution in [3.05, 3.63) is 28.2 Å². The van der Waals surface area contributed by atoms with E-state index in [1.165, 1.54) is 12.8 Å². The highest BCUT2D eigenvalue weighted by Crippen LogP contribution is 2.28. The van der Waals surface area contributed by atoms with Crippen molar-refractivity contribution >= 4 is 28.3 Å². The molecule has 0 heterocycles. The van der Waals surface area contributed by atoms with E-state index in [0.717, 1.165) is 22.9 Å². The smallest absolute Gasteiger partial charge is 0.121 e. The Labute approximate surface area is 112 Å². The third-order valence-electron chi connectivity index (χ3n) is 2.51. The molecule has 0 fully saturated rings. The highest BCUT2D eigenvalue weighted by atomic mass is 79.9. The number of hydrogen-bond donors (Lipinski definition) is 2. The van der Waals surface area contributed by atoms with Crippen molar-refractivity contribution in [1.29, 1.82) is 0 Å². The van der Waals surface area contributed by atoms with Gasteiger partial charge in [0.15, 0.2) is 0 Å². The molecule has 1 aromatic rings. The minimum absolute atomic E-state index is 0. The van der Waals surface area contributed by atoms with Gasteiger partial charge in [-0.25, -0.2) is 0 Å². The summed E-state index contributed by atoms with van der Waals surface area (Å²) in [5.41, 5.74) is 6.85. The summed E-state index contributed by atoms with van der Waals surface area (Å²) < 4.78 is 0.879. The first kappa shape index (κ1) is 15.8. The van der Waals surface area contributed by atoms with Crippen LogP contribution in [-0.4, -0.2) is 5.11 Å². The van der Waals surface area contributed by atoms with Gasteiger partial charge in [-0.3, -0.25) is 0 Å². The molecule has 2 nitrogen and oxygen atoms in total. The van der Waals surface area contributed by atoms with Crippen LogP contribution in [0.1, 0.15) is 44.2 Å². The minimum atomic E-state index is -0.0513. The van der Waals surface area contributed by atoms with Crippen molar-refractivity contribution in [1.82, 2.24) is 0 Å². The van der Waals surface area contributed by atoms with Crippen LogP contribution in [0, 0.1) is 0 Å². The third-order valence-corrected chi connectivity index (χ3v) is 3.00. The van der Waals surface area contributed by atoms with E-state index < -0.39 is 0 Å². The summed E-state index contributed by atoms with van der Waals surface area (Å²) in [4.78, 5) is 0. The molecule has 0 aliphatic heterocycles. The summed E-state index contributed by atoms with van der Waals surface area (Å²) in [6, 6.07) is 5.43. The van der Waals surface area contributed by atoms with Gasteiger partial charge in [0.1, 0.15) is 5.75 Å². The van der Waals surface area contributed by atoms with Gasteiger partial charge in [0.05, 0.1) is 0 Å². The molecule has 3 N–H and O–H groups in total. The van der Waals surface area contributed by atoms with Crippen LogP contribution < -0.4 is 5.73 Å². The molecule has 0 unspecified atom stereocenters. The van der Waals surface area contributed by atoms with E-state index in [1.54, 1.807) is 6.07 Å². The molecule has 0 saturated heterocycles. The lowest BCUT2D eigenvalue weighted by molar-refractivity contribution is 0.455. The van der Waals surface area contributed by atoms with Crippen LogP contribution in [0.4, 0.5) is 0 Å². The van der Waals surface area contributed by atoms with Gasteiger partial charge in [-0.05, 0) is 18.6 Å². The zero-order valence-electron chi connectivity index (χ0n) is 9.45. The second-order valence-electron chi connectivity index (χ2n) is 3.81. The number of phenolic OH excluding ortho intramolecular Hbond substituents is 1. The molecule has 0 aliphatic rings. The maximum Gasteiger partial charge on any atom is 0.121 e. The standard InChI is InChI=1S/C12H18BrNO.ClH/c1-2-3-4-5-11(14)10-7-6-9(13)8-12(10)15;/h6-8,11,15H,2-5,14H2,1H3;1H/t11-;/m1./s1. The second-order valence-corrected chi connectivity index (χ2v) is 4.72. The average Bonchev–Trinajstić information content (AvgIpc) is 2.17. The lowest BCUT2D eigenvalue weighted by Crippen LogP contribution is -2.10. The molecular formula is C12H19BrClNO. The highest BCUT2D eigenvalue weighted by molar-refractivity contribution is 9.10. The van der Waals surface area contributed by atoms with E-state index in [9.17, 15) is 5.11 Å². The third kappa shape index (κ3) is 4.73. The quantitative estimate of drug-likeness (QED) is 0.802. The SMILES string of the molecule is CCCCC[C@@H](N)c1ccc(Br)cc1O.Cl. The zero-order valence-corrected chi connectivity index (χ0v) is 11.9. The molecule has 0 spiro atoms. The predicted molar refractivity (Wildman–Crippen MR) is 74.1 cm³/mol. The lowest BCUT2D eigenvalue weighted by atomic mass is 10.0. The van der Waals surface area contributed by atoms with Crippen LogP contribution in [0.15, 0.2) is 22.7 Å². The first-order valence-corrected chi connectivity index (χ1v) is 6.18.